The first-order valence-electron chi connectivity index (χ1n) is 6.71. The van der Waals surface area contributed by atoms with E-state index in [4.69, 9.17) is 11.6 Å². The SMILES string of the molecule is CNC(Cc1cc(F)ccc1Cl)CC1CCS(=O)(=O)C1. The highest BCUT2D eigenvalue weighted by Crippen LogP contribution is 2.25. The van der Waals surface area contributed by atoms with Gasteiger partial charge >= 0.3 is 0 Å². The molecule has 0 radical (unpaired) electrons. The average molecular weight is 320 g/mol. The maximum absolute atomic E-state index is 13.2. The minimum atomic E-state index is -2.85. The Morgan fingerprint density at radius 3 is 2.85 bits per heavy atom. The molecule has 0 aromatic heterocycles. The second-order valence-electron chi connectivity index (χ2n) is 5.43. The molecule has 20 heavy (non-hydrogen) atoms. The van der Waals surface area contributed by atoms with Crippen LogP contribution in [-0.2, 0) is 16.3 Å². The Hall–Kier alpha value is -0.650. The van der Waals surface area contributed by atoms with Crippen molar-refractivity contribution >= 4 is 21.4 Å². The van der Waals surface area contributed by atoms with Crippen LogP contribution in [0.2, 0.25) is 5.02 Å². The van der Waals surface area contributed by atoms with Gasteiger partial charge in [0.2, 0.25) is 0 Å². The zero-order valence-corrected chi connectivity index (χ0v) is 13.0. The van der Waals surface area contributed by atoms with E-state index in [-0.39, 0.29) is 29.3 Å². The number of nitrogens with one attached hydrogen (secondary N) is 1. The van der Waals surface area contributed by atoms with E-state index >= 15 is 0 Å². The lowest BCUT2D eigenvalue weighted by Crippen LogP contribution is -2.30. The van der Waals surface area contributed by atoms with Crippen LogP contribution in [0.15, 0.2) is 18.2 Å². The van der Waals surface area contributed by atoms with Crippen molar-refractivity contribution in [2.75, 3.05) is 18.6 Å². The summed E-state index contributed by atoms with van der Waals surface area (Å²) in [6.45, 7) is 0. The Balaban J connectivity index is 2.01. The molecule has 3 nitrogen and oxygen atoms in total. The average Bonchev–Trinajstić information content (AvgIpc) is 2.72. The first kappa shape index (κ1) is 15.7. The molecule has 1 N–H and O–H groups in total. The standard InChI is InChI=1S/C14H19ClFNO2S/c1-17-13(6-10-4-5-20(18,19)9-10)8-11-7-12(16)2-3-14(11)15/h2-3,7,10,13,17H,4-6,8-9H2,1H3. The lowest BCUT2D eigenvalue weighted by Gasteiger charge is -2.20. The zero-order chi connectivity index (χ0) is 14.8. The molecular formula is C14H19ClFNO2S. The lowest BCUT2D eigenvalue weighted by atomic mass is 9.94. The quantitative estimate of drug-likeness (QED) is 0.906. The van der Waals surface area contributed by atoms with Crippen molar-refractivity contribution in [3.05, 3.63) is 34.6 Å². The van der Waals surface area contributed by atoms with Crippen molar-refractivity contribution in [1.29, 1.82) is 0 Å². The molecule has 1 aliphatic heterocycles. The number of likely N-dealkylation sites (N-methyl/N-ethyl adjacent to an activating group) is 1. The third-order valence-electron chi connectivity index (χ3n) is 3.83. The molecule has 1 fully saturated rings. The van der Waals surface area contributed by atoms with Crippen molar-refractivity contribution in [3.8, 4) is 0 Å². The molecule has 6 heteroatoms. The third-order valence-corrected chi connectivity index (χ3v) is 6.03. The number of sulfone groups is 1. The van der Waals surface area contributed by atoms with Crippen LogP contribution in [0.4, 0.5) is 4.39 Å². The van der Waals surface area contributed by atoms with Gasteiger partial charge in [0.05, 0.1) is 11.5 Å². The molecule has 0 saturated carbocycles. The minimum absolute atomic E-state index is 0.104. The summed E-state index contributed by atoms with van der Waals surface area (Å²) in [5.41, 5.74) is 0.756. The van der Waals surface area contributed by atoms with Crippen LogP contribution in [0, 0.1) is 11.7 Å². The second-order valence-corrected chi connectivity index (χ2v) is 8.07. The number of hydrogen-bond acceptors (Lipinski definition) is 3. The fraction of sp³-hybridized carbons (Fsp3) is 0.571. The molecule has 1 heterocycles. The molecule has 2 rings (SSSR count). The third kappa shape index (κ3) is 4.17. The Morgan fingerprint density at radius 1 is 1.50 bits per heavy atom. The van der Waals surface area contributed by atoms with E-state index in [9.17, 15) is 12.8 Å². The molecule has 0 bridgehead atoms. The smallest absolute Gasteiger partial charge is 0.150 e. The fourth-order valence-corrected chi connectivity index (χ4v) is 4.80. The van der Waals surface area contributed by atoms with Crippen LogP contribution in [0.1, 0.15) is 18.4 Å². The lowest BCUT2D eigenvalue weighted by molar-refractivity contribution is 0.423. The van der Waals surface area contributed by atoms with Gasteiger partial charge in [0.1, 0.15) is 5.82 Å². The van der Waals surface area contributed by atoms with Gasteiger partial charge in [-0.3, -0.25) is 0 Å². The molecule has 0 spiro atoms. The number of hydrogen-bond donors (Lipinski definition) is 1. The van der Waals surface area contributed by atoms with Gasteiger partial charge < -0.3 is 5.32 Å². The van der Waals surface area contributed by atoms with Crippen LogP contribution >= 0.6 is 11.6 Å². The highest BCUT2D eigenvalue weighted by atomic mass is 35.5. The number of rotatable bonds is 5. The van der Waals surface area contributed by atoms with E-state index in [2.05, 4.69) is 5.32 Å². The van der Waals surface area contributed by atoms with Gasteiger partial charge in [-0.25, -0.2) is 12.8 Å². The van der Waals surface area contributed by atoms with Crippen molar-refractivity contribution in [3.63, 3.8) is 0 Å². The van der Waals surface area contributed by atoms with Crippen molar-refractivity contribution in [2.24, 2.45) is 5.92 Å². The summed E-state index contributed by atoms with van der Waals surface area (Å²) in [6.07, 6.45) is 2.09. The molecule has 1 aliphatic rings. The summed E-state index contributed by atoms with van der Waals surface area (Å²) in [5.74, 6) is 0.434. The molecule has 1 aromatic carbocycles. The van der Waals surface area contributed by atoms with E-state index < -0.39 is 9.84 Å². The van der Waals surface area contributed by atoms with E-state index in [0.29, 0.717) is 11.4 Å². The zero-order valence-electron chi connectivity index (χ0n) is 11.4. The number of benzene rings is 1. The summed E-state index contributed by atoms with van der Waals surface area (Å²) in [7, 11) is -1.02. The minimum Gasteiger partial charge on any atom is -0.317 e. The predicted molar refractivity (Wildman–Crippen MR) is 79.3 cm³/mol. The highest BCUT2D eigenvalue weighted by Gasteiger charge is 2.29. The van der Waals surface area contributed by atoms with Crippen molar-refractivity contribution < 1.29 is 12.8 Å². The van der Waals surface area contributed by atoms with Crippen LogP contribution in [0.3, 0.4) is 0 Å². The Bertz CT molecular complexity index is 577. The molecule has 2 unspecified atom stereocenters. The summed E-state index contributed by atoms with van der Waals surface area (Å²) in [6, 6.07) is 4.44. The second kappa shape index (κ2) is 6.41. The van der Waals surface area contributed by atoms with Crippen molar-refractivity contribution in [2.45, 2.75) is 25.3 Å². The molecule has 112 valence electrons. The maximum Gasteiger partial charge on any atom is 0.150 e. The fourth-order valence-electron chi connectivity index (χ4n) is 2.73. The van der Waals surface area contributed by atoms with Crippen molar-refractivity contribution in [1.82, 2.24) is 5.32 Å². The predicted octanol–water partition coefficient (Wildman–Crippen LogP) is 2.43. The van der Waals surface area contributed by atoms with Crippen LogP contribution in [0.25, 0.3) is 0 Å². The Morgan fingerprint density at radius 2 is 2.25 bits per heavy atom. The summed E-state index contributed by atoms with van der Waals surface area (Å²) in [5, 5.41) is 3.72. The first-order chi connectivity index (χ1) is 9.39. The monoisotopic (exact) mass is 319 g/mol. The molecule has 0 aliphatic carbocycles. The van der Waals surface area contributed by atoms with Gasteiger partial charge in [0, 0.05) is 11.1 Å². The summed E-state index contributed by atoms with van der Waals surface area (Å²) < 4.78 is 36.2. The topological polar surface area (TPSA) is 46.2 Å². The highest BCUT2D eigenvalue weighted by molar-refractivity contribution is 7.91. The maximum atomic E-state index is 13.2. The summed E-state index contributed by atoms with van der Waals surface area (Å²) in [4.78, 5) is 0. The van der Waals surface area contributed by atoms with Crippen LogP contribution in [0.5, 0.6) is 0 Å². The number of halogens is 2. The Labute approximate surface area is 124 Å². The molecule has 1 aromatic rings. The van der Waals surface area contributed by atoms with E-state index in [1.165, 1.54) is 12.1 Å². The molecule has 1 saturated heterocycles. The van der Waals surface area contributed by atoms with Crippen LogP contribution in [-0.4, -0.2) is 33.0 Å². The Kier molecular flexibility index (Phi) is 5.04. The first-order valence-corrected chi connectivity index (χ1v) is 8.91. The van der Waals surface area contributed by atoms with Crippen LogP contribution < -0.4 is 5.32 Å². The van der Waals surface area contributed by atoms with Gasteiger partial charge in [0.15, 0.2) is 9.84 Å². The molecule has 0 amide bonds. The largest absolute Gasteiger partial charge is 0.317 e. The molecule has 2 atom stereocenters. The van der Waals surface area contributed by atoms with E-state index in [1.807, 2.05) is 7.05 Å². The normalized spacial score (nSPS) is 22.9. The van der Waals surface area contributed by atoms with Gasteiger partial charge in [0.25, 0.3) is 0 Å². The van der Waals surface area contributed by atoms with Gasteiger partial charge in [-0.2, -0.15) is 0 Å². The van der Waals surface area contributed by atoms with Gasteiger partial charge in [-0.1, -0.05) is 11.6 Å². The molecular weight excluding hydrogens is 301 g/mol. The van der Waals surface area contributed by atoms with E-state index in [0.717, 1.165) is 18.4 Å². The van der Waals surface area contributed by atoms with Gasteiger partial charge in [-0.05, 0) is 56.0 Å². The van der Waals surface area contributed by atoms with Gasteiger partial charge in [-0.15, -0.1) is 0 Å². The summed E-state index contributed by atoms with van der Waals surface area (Å²) >= 11 is 6.07. The van der Waals surface area contributed by atoms with E-state index in [1.54, 1.807) is 6.07 Å².